The lowest BCUT2D eigenvalue weighted by molar-refractivity contribution is 0.230. The number of nitriles is 1. The topological polar surface area (TPSA) is 108 Å². The maximum absolute atomic E-state index is 12.6. The van der Waals surface area contributed by atoms with Crippen molar-refractivity contribution >= 4 is 10.8 Å². The third-order valence-corrected chi connectivity index (χ3v) is 4.84. The molecule has 0 radical (unpaired) electrons. The molecule has 7 heteroatoms. The second-order valence-corrected chi connectivity index (χ2v) is 7.14. The predicted octanol–water partition coefficient (Wildman–Crippen LogP) is 3.81. The number of ether oxygens (including phenoxy) is 3. The first kappa shape index (κ1) is 19.4. The highest BCUT2D eigenvalue weighted by atomic mass is 16.5. The van der Waals surface area contributed by atoms with Gasteiger partial charge in [0.2, 0.25) is 5.76 Å². The Morgan fingerprint density at radius 3 is 2.53 bits per heavy atom. The minimum absolute atomic E-state index is 0.0342. The first-order valence-electron chi connectivity index (χ1n) is 9.42. The zero-order chi connectivity index (χ0) is 21.4. The van der Waals surface area contributed by atoms with Gasteiger partial charge in [-0.1, -0.05) is 24.3 Å². The summed E-state index contributed by atoms with van der Waals surface area (Å²) < 4.78 is 22.6. The number of rotatable bonds is 4. The van der Waals surface area contributed by atoms with Gasteiger partial charge in [-0.3, -0.25) is 0 Å². The van der Waals surface area contributed by atoms with Gasteiger partial charge >= 0.3 is 5.63 Å². The fraction of sp³-hybridized carbons (Fsp3) is 0.217. The first-order valence-corrected chi connectivity index (χ1v) is 9.42. The highest BCUT2D eigenvalue weighted by Crippen LogP contribution is 2.45. The standard InChI is InChI=1S/C23H20N2O5/c1-12(2)28-16-9-8-13(10-17(16)27-3)19-20(25)18(11-24)29-21-14-6-4-5-7-15(14)23(26)30-22(19)21/h4-10,12,19H,25H2,1-3H3. The molecule has 3 aromatic rings. The molecule has 1 aromatic heterocycles. The van der Waals surface area contributed by atoms with Gasteiger partial charge in [0.15, 0.2) is 23.0 Å². The Morgan fingerprint density at radius 2 is 1.87 bits per heavy atom. The first-order chi connectivity index (χ1) is 14.4. The van der Waals surface area contributed by atoms with Gasteiger partial charge in [-0.05, 0) is 37.6 Å². The minimum atomic E-state index is -0.692. The van der Waals surface area contributed by atoms with Crippen LogP contribution in [0.25, 0.3) is 10.8 Å². The molecule has 2 heterocycles. The van der Waals surface area contributed by atoms with Crippen LogP contribution in [0.5, 0.6) is 17.2 Å². The van der Waals surface area contributed by atoms with Crippen molar-refractivity contribution in [3.63, 3.8) is 0 Å². The molecule has 1 atom stereocenters. The van der Waals surface area contributed by atoms with Crippen molar-refractivity contribution in [1.82, 2.24) is 0 Å². The Morgan fingerprint density at radius 1 is 1.13 bits per heavy atom. The van der Waals surface area contributed by atoms with Crippen LogP contribution in [0.2, 0.25) is 0 Å². The average molecular weight is 404 g/mol. The molecule has 4 rings (SSSR count). The molecular weight excluding hydrogens is 384 g/mol. The molecule has 1 aliphatic rings. The molecule has 0 bridgehead atoms. The molecule has 152 valence electrons. The summed E-state index contributed by atoms with van der Waals surface area (Å²) in [5.41, 5.74) is 6.61. The van der Waals surface area contributed by atoms with E-state index in [1.165, 1.54) is 7.11 Å². The van der Waals surface area contributed by atoms with E-state index in [9.17, 15) is 10.1 Å². The van der Waals surface area contributed by atoms with E-state index < -0.39 is 11.5 Å². The van der Waals surface area contributed by atoms with Crippen LogP contribution < -0.4 is 25.6 Å². The van der Waals surface area contributed by atoms with Gasteiger partial charge in [-0.2, -0.15) is 5.26 Å². The van der Waals surface area contributed by atoms with E-state index in [0.29, 0.717) is 33.6 Å². The summed E-state index contributed by atoms with van der Waals surface area (Å²) in [5, 5.41) is 10.5. The Labute approximate surface area is 172 Å². The smallest absolute Gasteiger partial charge is 0.344 e. The van der Waals surface area contributed by atoms with Crippen molar-refractivity contribution in [3.05, 3.63) is 75.7 Å². The van der Waals surface area contributed by atoms with Crippen LogP contribution in [0.3, 0.4) is 0 Å². The summed E-state index contributed by atoms with van der Waals surface area (Å²) in [6, 6.07) is 14.2. The van der Waals surface area contributed by atoms with E-state index in [1.807, 2.05) is 19.9 Å². The van der Waals surface area contributed by atoms with Crippen molar-refractivity contribution in [2.24, 2.45) is 5.73 Å². The second-order valence-electron chi connectivity index (χ2n) is 7.14. The van der Waals surface area contributed by atoms with Gasteiger partial charge in [0.1, 0.15) is 6.07 Å². The maximum atomic E-state index is 12.6. The zero-order valence-electron chi connectivity index (χ0n) is 16.8. The Balaban J connectivity index is 1.96. The SMILES string of the molecule is COc1cc(C2C(N)=C(C#N)Oc3c2oc(=O)c2ccccc32)ccc1OC(C)C. The van der Waals surface area contributed by atoms with Crippen LogP contribution in [0.4, 0.5) is 0 Å². The minimum Gasteiger partial charge on any atom is -0.493 e. The van der Waals surface area contributed by atoms with Gasteiger partial charge in [0.25, 0.3) is 0 Å². The van der Waals surface area contributed by atoms with Gasteiger partial charge in [0.05, 0.1) is 30.2 Å². The molecule has 7 nitrogen and oxygen atoms in total. The van der Waals surface area contributed by atoms with Crippen LogP contribution in [-0.2, 0) is 0 Å². The van der Waals surface area contributed by atoms with E-state index in [1.54, 1.807) is 42.5 Å². The number of hydrogen-bond donors (Lipinski definition) is 1. The third-order valence-electron chi connectivity index (χ3n) is 4.84. The lowest BCUT2D eigenvalue weighted by atomic mass is 9.89. The lowest BCUT2D eigenvalue weighted by Crippen LogP contribution is -2.23. The van der Waals surface area contributed by atoms with E-state index in [2.05, 4.69) is 0 Å². The molecule has 0 spiro atoms. The fourth-order valence-corrected chi connectivity index (χ4v) is 3.55. The molecule has 0 amide bonds. The van der Waals surface area contributed by atoms with Gasteiger partial charge in [-0.25, -0.2) is 4.79 Å². The predicted molar refractivity (Wildman–Crippen MR) is 111 cm³/mol. The van der Waals surface area contributed by atoms with Gasteiger partial charge in [-0.15, -0.1) is 0 Å². The van der Waals surface area contributed by atoms with Crippen LogP contribution in [-0.4, -0.2) is 13.2 Å². The Kier molecular flexibility index (Phi) is 4.84. The van der Waals surface area contributed by atoms with Gasteiger partial charge < -0.3 is 24.4 Å². The maximum Gasteiger partial charge on any atom is 0.344 e. The molecule has 2 aromatic carbocycles. The molecule has 0 aliphatic carbocycles. The van der Waals surface area contributed by atoms with E-state index >= 15 is 0 Å². The molecule has 30 heavy (non-hydrogen) atoms. The summed E-state index contributed by atoms with van der Waals surface area (Å²) >= 11 is 0. The Bertz CT molecular complexity index is 1270. The summed E-state index contributed by atoms with van der Waals surface area (Å²) in [7, 11) is 1.54. The number of hydrogen-bond acceptors (Lipinski definition) is 7. The molecule has 1 unspecified atom stereocenters. The molecular formula is C23H20N2O5. The normalized spacial score (nSPS) is 15.5. The number of benzene rings is 2. The fourth-order valence-electron chi connectivity index (χ4n) is 3.55. The number of methoxy groups -OCH3 is 1. The van der Waals surface area contributed by atoms with Crippen LogP contribution in [0.1, 0.15) is 31.1 Å². The zero-order valence-corrected chi connectivity index (χ0v) is 16.8. The third kappa shape index (κ3) is 3.12. The molecule has 1 aliphatic heterocycles. The molecule has 0 saturated carbocycles. The summed E-state index contributed by atoms with van der Waals surface area (Å²) in [4.78, 5) is 12.6. The average Bonchev–Trinajstić information content (AvgIpc) is 2.74. The summed E-state index contributed by atoms with van der Waals surface area (Å²) in [5.74, 6) is 0.906. The van der Waals surface area contributed by atoms with E-state index in [0.717, 1.165) is 0 Å². The van der Waals surface area contributed by atoms with Crippen LogP contribution in [0.15, 0.2) is 63.1 Å². The molecule has 2 N–H and O–H groups in total. The molecule has 0 saturated heterocycles. The van der Waals surface area contributed by atoms with Crippen LogP contribution >= 0.6 is 0 Å². The van der Waals surface area contributed by atoms with Gasteiger partial charge in [0, 0.05) is 5.39 Å². The summed E-state index contributed by atoms with van der Waals surface area (Å²) in [6.07, 6.45) is -0.0342. The molecule has 0 fully saturated rings. The highest BCUT2D eigenvalue weighted by molar-refractivity contribution is 5.88. The lowest BCUT2D eigenvalue weighted by Gasteiger charge is -2.26. The van der Waals surface area contributed by atoms with Crippen molar-refractivity contribution in [3.8, 4) is 23.3 Å². The van der Waals surface area contributed by atoms with Crippen LogP contribution in [0, 0.1) is 11.3 Å². The number of allylic oxidation sites excluding steroid dienone is 2. The van der Waals surface area contributed by atoms with E-state index in [-0.39, 0.29) is 23.3 Å². The number of fused-ring (bicyclic) bond motifs is 3. The highest BCUT2D eigenvalue weighted by Gasteiger charge is 2.35. The number of nitrogens with zero attached hydrogens (tertiary/aromatic N) is 1. The second kappa shape index (κ2) is 7.48. The van der Waals surface area contributed by atoms with E-state index in [4.69, 9.17) is 24.4 Å². The Hall–Kier alpha value is -3.92. The number of nitrogens with two attached hydrogens (primary N) is 1. The van der Waals surface area contributed by atoms with Crippen molar-refractivity contribution in [2.45, 2.75) is 25.9 Å². The summed E-state index contributed by atoms with van der Waals surface area (Å²) in [6.45, 7) is 3.84. The van der Waals surface area contributed by atoms with Crippen molar-refractivity contribution in [2.75, 3.05) is 7.11 Å². The quantitative estimate of drug-likeness (QED) is 0.704. The monoisotopic (exact) mass is 404 g/mol. The van der Waals surface area contributed by atoms with Crippen molar-refractivity contribution < 1.29 is 18.6 Å². The van der Waals surface area contributed by atoms with Crippen molar-refractivity contribution in [1.29, 1.82) is 5.26 Å². The largest absolute Gasteiger partial charge is 0.493 e.